The van der Waals surface area contributed by atoms with Gasteiger partial charge in [0.05, 0.1) is 19.3 Å². The number of nitrogens with zero attached hydrogens (tertiary/aromatic N) is 3. The molecule has 2 aromatic carbocycles. The predicted octanol–water partition coefficient (Wildman–Crippen LogP) is 3.36. The number of carbonyl (C=O) groups is 1. The minimum absolute atomic E-state index is 0.0787. The van der Waals surface area contributed by atoms with E-state index < -0.39 is 0 Å². The van der Waals surface area contributed by atoms with E-state index in [0.29, 0.717) is 17.9 Å². The average molecular weight is 426 g/mol. The van der Waals surface area contributed by atoms with E-state index in [1.807, 2.05) is 42.5 Å². The van der Waals surface area contributed by atoms with Gasteiger partial charge in [-0.05, 0) is 46.5 Å². The summed E-state index contributed by atoms with van der Waals surface area (Å²) in [5.41, 5.74) is 10.5. The average Bonchev–Trinajstić information content (AvgIpc) is 3.30. The van der Waals surface area contributed by atoms with Crippen molar-refractivity contribution in [1.29, 1.82) is 5.26 Å². The van der Waals surface area contributed by atoms with E-state index in [0.717, 1.165) is 34.4 Å². The number of rotatable bonds is 6. The SMILES string of the molecule is COC(N)=NC(c1cccc(CC(=O)c2ccc(C#N)cn2)c1)c1ccc2c(c1)CCO2. The maximum atomic E-state index is 12.7. The number of nitriles is 1. The Morgan fingerprint density at radius 1 is 1.25 bits per heavy atom. The highest BCUT2D eigenvalue weighted by molar-refractivity contribution is 5.95. The largest absolute Gasteiger partial charge is 0.493 e. The van der Waals surface area contributed by atoms with Gasteiger partial charge in [-0.3, -0.25) is 9.78 Å². The van der Waals surface area contributed by atoms with E-state index >= 15 is 0 Å². The van der Waals surface area contributed by atoms with Crippen molar-refractivity contribution in [3.05, 3.63) is 94.3 Å². The highest BCUT2D eigenvalue weighted by Gasteiger charge is 2.20. The standard InChI is InChI=1S/C25H22N4O3/c1-31-25(27)29-24(20-6-8-23-18(13-20)9-10-32-23)19-4-2-3-16(11-19)12-22(30)21-7-5-17(14-26)15-28-21/h2-8,11,13,15,24H,9-10,12H2,1H3,(H2,27,29). The topological polar surface area (TPSA) is 111 Å². The Hall–Kier alpha value is -4.18. The zero-order chi connectivity index (χ0) is 22.5. The highest BCUT2D eigenvalue weighted by atomic mass is 16.5. The molecule has 1 aliphatic rings. The first kappa shape index (κ1) is 21.1. The number of methoxy groups -OCH3 is 1. The van der Waals surface area contributed by atoms with Gasteiger partial charge in [-0.1, -0.05) is 30.3 Å². The molecule has 1 atom stereocenters. The van der Waals surface area contributed by atoms with Gasteiger partial charge in [0.2, 0.25) is 0 Å². The van der Waals surface area contributed by atoms with Crippen LogP contribution in [-0.4, -0.2) is 30.5 Å². The Morgan fingerprint density at radius 2 is 2.09 bits per heavy atom. The van der Waals surface area contributed by atoms with Gasteiger partial charge < -0.3 is 15.2 Å². The molecule has 4 rings (SSSR count). The maximum absolute atomic E-state index is 12.7. The molecule has 2 heterocycles. The van der Waals surface area contributed by atoms with Crippen LogP contribution in [0.2, 0.25) is 0 Å². The maximum Gasteiger partial charge on any atom is 0.282 e. The quantitative estimate of drug-likeness (QED) is 0.368. The van der Waals surface area contributed by atoms with Gasteiger partial charge in [0.15, 0.2) is 5.78 Å². The summed E-state index contributed by atoms with van der Waals surface area (Å²) in [5.74, 6) is 0.767. The first-order chi connectivity index (χ1) is 15.6. The van der Waals surface area contributed by atoms with Crippen LogP contribution in [0.25, 0.3) is 0 Å². The second kappa shape index (κ2) is 9.31. The Labute approximate surface area is 186 Å². The second-order valence-corrected chi connectivity index (χ2v) is 7.43. The van der Waals surface area contributed by atoms with Gasteiger partial charge in [-0.15, -0.1) is 0 Å². The van der Waals surface area contributed by atoms with Crippen LogP contribution in [0.4, 0.5) is 0 Å². The van der Waals surface area contributed by atoms with Crippen LogP contribution in [0.1, 0.15) is 44.3 Å². The molecule has 3 aromatic rings. The Balaban J connectivity index is 1.63. The smallest absolute Gasteiger partial charge is 0.282 e. The highest BCUT2D eigenvalue weighted by Crippen LogP contribution is 2.33. The number of benzene rings is 2. The van der Waals surface area contributed by atoms with Crippen molar-refractivity contribution in [1.82, 2.24) is 4.98 Å². The van der Waals surface area contributed by atoms with Crippen molar-refractivity contribution in [2.24, 2.45) is 10.7 Å². The first-order valence-electron chi connectivity index (χ1n) is 10.2. The van der Waals surface area contributed by atoms with Crippen molar-refractivity contribution in [3.8, 4) is 11.8 Å². The summed E-state index contributed by atoms with van der Waals surface area (Å²) < 4.78 is 10.7. The fraction of sp³-hybridized carbons (Fsp3) is 0.200. The number of pyridine rings is 1. The van der Waals surface area contributed by atoms with Crippen molar-refractivity contribution in [2.75, 3.05) is 13.7 Å². The molecule has 0 spiro atoms. The lowest BCUT2D eigenvalue weighted by Gasteiger charge is -2.16. The van der Waals surface area contributed by atoms with Crippen LogP contribution in [0, 0.1) is 11.3 Å². The molecule has 7 heteroatoms. The molecule has 0 fully saturated rings. The molecule has 32 heavy (non-hydrogen) atoms. The molecular weight excluding hydrogens is 404 g/mol. The summed E-state index contributed by atoms with van der Waals surface area (Å²) in [4.78, 5) is 21.3. The van der Waals surface area contributed by atoms with E-state index in [4.69, 9.17) is 20.5 Å². The lowest BCUT2D eigenvalue weighted by molar-refractivity contribution is 0.0988. The Kier molecular flexibility index (Phi) is 6.13. The molecule has 0 amide bonds. The number of aliphatic imine (C=N–C) groups is 1. The predicted molar refractivity (Wildman–Crippen MR) is 120 cm³/mol. The number of Topliss-reactive ketones (excluding diaryl/α,β-unsaturated/α-hetero) is 1. The van der Waals surface area contributed by atoms with Gasteiger partial charge in [-0.25, -0.2) is 4.99 Å². The third kappa shape index (κ3) is 4.60. The summed E-state index contributed by atoms with van der Waals surface area (Å²) in [7, 11) is 1.48. The first-order valence-corrected chi connectivity index (χ1v) is 10.2. The molecular formula is C25H22N4O3. The summed E-state index contributed by atoms with van der Waals surface area (Å²) in [6.45, 7) is 0.675. The van der Waals surface area contributed by atoms with Gasteiger partial charge in [0.25, 0.3) is 6.02 Å². The lowest BCUT2D eigenvalue weighted by atomic mass is 9.94. The van der Waals surface area contributed by atoms with E-state index in [1.165, 1.54) is 13.3 Å². The van der Waals surface area contributed by atoms with Crippen molar-refractivity contribution in [2.45, 2.75) is 18.9 Å². The van der Waals surface area contributed by atoms with Gasteiger partial charge in [-0.2, -0.15) is 5.26 Å². The summed E-state index contributed by atoms with van der Waals surface area (Å²) >= 11 is 0. The number of ether oxygens (including phenoxy) is 2. The number of amidine groups is 1. The van der Waals surface area contributed by atoms with Crippen LogP contribution < -0.4 is 10.5 Å². The zero-order valence-corrected chi connectivity index (χ0v) is 17.6. The lowest BCUT2D eigenvalue weighted by Crippen LogP contribution is -2.16. The van der Waals surface area contributed by atoms with Crippen molar-refractivity contribution in [3.63, 3.8) is 0 Å². The van der Waals surface area contributed by atoms with Crippen LogP contribution in [0.15, 0.2) is 65.8 Å². The second-order valence-electron chi connectivity index (χ2n) is 7.43. The van der Waals surface area contributed by atoms with E-state index in [-0.39, 0.29) is 24.3 Å². The van der Waals surface area contributed by atoms with Gasteiger partial charge in [0, 0.05) is 19.0 Å². The molecule has 0 saturated carbocycles. The number of fused-ring (bicyclic) bond motifs is 1. The van der Waals surface area contributed by atoms with Crippen LogP contribution in [-0.2, 0) is 17.6 Å². The zero-order valence-electron chi connectivity index (χ0n) is 17.6. The fourth-order valence-electron chi connectivity index (χ4n) is 3.67. The summed E-state index contributed by atoms with van der Waals surface area (Å²) in [6, 6.07) is 18.5. The van der Waals surface area contributed by atoms with Crippen LogP contribution >= 0.6 is 0 Å². The molecule has 0 aliphatic carbocycles. The normalized spacial score (nSPS) is 13.6. The number of hydrogen-bond acceptors (Lipinski definition) is 6. The molecule has 7 nitrogen and oxygen atoms in total. The van der Waals surface area contributed by atoms with Crippen molar-refractivity contribution >= 4 is 11.8 Å². The summed E-state index contributed by atoms with van der Waals surface area (Å²) in [5, 5.41) is 8.90. The fourth-order valence-corrected chi connectivity index (χ4v) is 3.67. The number of carbonyl (C=O) groups excluding carboxylic acids is 1. The van der Waals surface area contributed by atoms with Crippen LogP contribution in [0.3, 0.4) is 0 Å². The minimum atomic E-state index is -0.385. The Bertz CT molecular complexity index is 1210. The van der Waals surface area contributed by atoms with Gasteiger partial charge in [0.1, 0.15) is 23.6 Å². The van der Waals surface area contributed by atoms with E-state index in [2.05, 4.69) is 16.0 Å². The number of aromatic nitrogens is 1. The minimum Gasteiger partial charge on any atom is -0.493 e. The van der Waals surface area contributed by atoms with E-state index in [9.17, 15) is 4.79 Å². The van der Waals surface area contributed by atoms with E-state index in [1.54, 1.807) is 12.1 Å². The van der Waals surface area contributed by atoms with Crippen LogP contribution in [0.5, 0.6) is 5.75 Å². The Morgan fingerprint density at radius 3 is 2.84 bits per heavy atom. The molecule has 2 N–H and O–H groups in total. The molecule has 0 bridgehead atoms. The number of ketones is 1. The molecule has 0 radical (unpaired) electrons. The molecule has 160 valence electrons. The number of nitrogens with two attached hydrogens (primary N) is 1. The third-order valence-corrected chi connectivity index (χ3v) is 5.30. The molecule has 1 aromatic heterocycles. The summed E-state index contributed by atoms with van der Waals surface area (Å²) in [6.07, 6.45) is 2.44. The third-order valence-electron chi connectivity index (χ3n) is 5.30. The van der Waals surface area contributed by atoms with Crippen molar-refractivity contribution < 1.29 is 14.3 Å². The number of hydrogen-bond donors (Lipinski definition) is 1. The molecule has 1 aliphatic heterocycles. The monoisotopic (exact) mass is 426 g/mol. The molecule has 1 unspecified atom stereocenters. The molecule has 0 saturated heterocycles. The van der Waals surface area contributed by atoms with Gasteiger partial charge >= 0.3 is 0 Å².